The van der Waals surface area contributed by atoms with Crippen LogP contribution in [0.15, 0.2) is 28.8 Å². The number of rotatable bonds is 2. The lowest BCUT2D eigenvalue weighted by Crippen LogP contribution is -2.11. The number of phenols is 2. The minimum atomic E-state index is -0.450. The summed E-state index contributed by atoms with van der Waals surface area (Å²) in [5, 5.41) is 24.5. The summed E-state index contributed by atoms with van der Waals surface area (Å²) in [5.41, 5.74) is 0.209. The Bertz CT molecular complexity index is 562. The van der Waals surface area contributed by atoms with E-state index >= 15 is 0 Å². The molecule has 0 fully saturated rings. The Morgan fingerprint density at radius 1 is 1.29 bits per heavy atom. The van der Waals surface area contributed by atoms with Crippen LogP contribution in [0.4, 0.5) is 5.82 Å². The lowest BCUT2D eigenvalue weighted by molar-refractivity contribution is 0.102. The fourth-order valence-electron chi connectivity index (χ4n) is 1.28. The molecule has 6 heteroatoms. The normalized spacial score (nSPS) is 10.2. The molecule has 2 aromatic rings. The topological polar surface area (TPSA) is 95.6 Å². The summed E-state index contributed by atoms with van der Waals surface area (Å²) in [6.07, 6.45) is 0. The van der Waals surface area contributed by atoms with Crippen molar-refractivity contribution in [3.05, 3.63) is 35.6 Å². The molecule has 1 heterocycles. The van der Waals surface area contributed by atoms with E-state index in [0.29, 0.717) is 11.6 Å². The highest BCUT2D eigenvalue weighted by molar-refractivity contribution is 6.04. The van der Waals surface area contributed by atoms with Crippen molar-refractivity contribution >= 4 is 11.7 Å². The number of nitrogens with zero attached hydrogens (tertiary/aromatic N) is 1. The first kappa shape index (κ1) is 11.0. The third kappa shape index (κ3) is 2.36. The Labute approximate surface area is 96.5 Å². The van der Waals surface area contributed by atoms with Crippen LogP contribution in [0.1, 0.15) is 16.1 Å². The van der Waals surface area contributed by atoms with Crippen molar-refractivity contribution in [1.29, 1.82) is 0 Å². The van der Waals surface area contributed by atoms with E-state index in [2.05, 4.69) is 10.5 Å². The van der Waals surface area contributed by atoms with Gasteiger partial charge < -0.3 is 20.1 Å². The predicted molar refractivity (Wildman–Crippen MR) is 59.0 cm³/mol. The molecule has 0 aliphatic rings. The molecular formula is C11H10N2O4. The quantitative estimate of drug-likeness (QED) is 0.686. The van der Waals surface area contributed by atoms with Gasteiger partial charge in [0.15, 0.2) is 17.3 Å². The van der Waals surface area contributed by atoms with E-state index in [-0.39, 0.29) is 17.1 Å². The van der Waals surface area contributed by atoms with Gasteiger partial charge in [-0.15, -0.1) is 0 Å². The molecule has 88 valence electrons. The fraction of sp³-hybridized carbons (Fsp3) is 0.0909. The Morgan fingerprint density at radius 2 is 2.06 bits per heavy atom. The van der Waals surface area contributed by atoms with E-state index in [4.69, 9.17) is 9.63 Å². The van der Waals surface area contributed by atoms with Gasteiger partial charge in [-0.25, -0.2) is 0 Å². The minimum Gasteiger partial charge on any atom is -0.504 e. The average molecular weight is 234 g/mol. The number of amides is 1. The highest BCUT2D eigenvalue weighted by Gasteiger charge is 2.10. The van der Waals surface area contributed by atoms with Crippen molar-refractivity contribution in [1.82, 2.24) is 5.16 Å². The largest absolute Gasteiger partial charge is 0.504 e. The van der Waals surface area contributed by atoms with E-state index in [9.17, 15) is 9.90 Å². The highest BCUT2D eigenvalue weighted by atomic mass is 16.5. The van der Waals surface area contributed by atoms with Crippen molar-refractivity contribution < 1.29 is 19.5 Å². The second-order valence-electron chi connectivity index (χ2n) is 3.48. The van der Waals surface area contributed by atoms with Crippen molar-refractivity contribution in [3.63, 3.8) is 0 Å². The number of aromatic hydroxyl groups is 2. The maximum absolute atomic E-state index is 11.7. The molecular weight excluding hydrogens is 224 g/mol. The third-order valence-electron chi connectivity index (χ3n) is 2.11. The van der Waals surface area contributed by atoms with Crippen LogP contribution in [-0.4, -0.2) is 21.3 Å². The van der Waals surface area contributed by atoms with E-state index in [1.807, 2.05) is 0 Å². The SMILES string of the molecule is Cc1cc(NC(=O)c2ccc(O)c(O)c2)no1. The zero-order valence-corrected chi connectivity index (χ0v) is 8.97. The predicted octanol–water partition coefficient (Wildman–Crippen LogP) is 1.65. The number of hydrogen-bond acceptors (Lipinski definition) is 5. The van der Waals surface area contributed by atoms with Gasteiger partial charge in [0.25, 0.3) is 5.91 Å². The molecule has 1 aromatic heterocycles. The summed E-state index contributed by atoms with van der Waals surface area (Å²) in [7, 11) is 0. The molecule has 0 aliphatic heterocycles. The lowest BCUT2D eigenvalue weighted by atomic mass is 10.2. The molecule has 2 rings (SSSR count). The molecule has 0 atom stereocenters. The second-order valence-corrected chi connectivity index (χ2v) is 3.48. The standard InChI is InChI=1S/C11H10N2O4/c1-6-4-10(13-17-6)12-11(16)7-2-3-8(14)9(15)5-7/h2-5,14-15H,1H3,(H,12,13,16). The summed E-state index contributed by atoms with van der Waals surface area (Å²) >= 11 is 0. The summed E-state index contributed by atoms with van der Waals surface area (Å²) < 4.78 is 4.79. The molecule has 0 aliphatic carbocycles. The second kappa shape index (κ2) is 4.17. The van der Waals surface area contributed by atoms with Crippen molar-refractivity contribution in [2.75, 3.05) is 5.32 Å². The zero-order chi connectivity index (χ0) is 12.4. The van der Waals surface area contributed by atoms with E-state index < -0.39 is 5.91 Å². The number of carbonyl (C=O) groups excluding carboxylic acids is 1. The molecule has 0 unspecified atom stereocenters. The molecule has 3 N–H and O–H groups in total. The van der Waals surface area contributed by atoms with Crippen LogP contribution in [0.3, 0.4) is 0 Å². The van der Waals surface area contributed by atoms with Gasteiger partial charge in [0.1, 0.15) is 5.76 Å². The van der Waals surface area contributed by atoms with Crippen molar-refractivity contribution in [2.24, 2.45) is 0 Å². The van der Waals surface area contributed by atoms with Gasteiger partial charge in [0.05, 0.1) is 0 Å². The molecule has 17 heavy (non-hydrogen) atoms. The van der Waals surface area contributed by atoms with E-state index in [0.717, 1.165) is 6.07 Å². The summed E-state index contributed by atoms with van der Waals surface area (Å²) in [5.74, 6) is -0.213. The van der Waals surface area contributed by atoms with Crippen LogP contribution in [0, 0.1) is 6.92 Å². The molecule has 0 radical (unpaired) electrons. The lowest BCUT2D eigenvalue weighted by Gasteiger charge is -2.02. The van der Waals surface area contributed by atoms with Gasteiger partial charge in [-0.2, -0.15) is 0 Å². The number of carbonyl (C=O) groups is 1. The van der Waals surface area contributed by atoms with Gasteiger partial charge in [-0.05, 0) is 25.1 Å². The van der Waals surface area contributed by atoms with Crippen molar-refractivity contribution in [3.8, 4) is 11.5 Å². The van der Waals surface area contributed by atoms with Crippen LogP contribution < -0.4 is 5.32 Å². The van der Waals surface area contributed by atoms with Gasteiger partial charge in [-0.3, -0.25) is 4.79 Å². The van der Waals surface area contributed by atoms with Gasteiger partial charge in [0, 0.05) is 11.6 Å². The average Bonchev–Trinajstić information content (AvgIpc) is 2.68. The molecule has 6 nitrogen and oxygen atoms in total. The maximum Gasteiger partial charge on any atom is 0.257 e. The number of benzene rings is 1. The first-order valence-corrected chi connectivity index (χ1v) is 4.83. The Hall–Kier alpha value is -2.50. The third-order valence-corrected chi connectivity index (χ3v) is 2.11. The number of aryl methyl sites for hydroxylation is 1. The number of hydrogen-bond donors (Lipinski definition) is 3. The number of nitrogens with one attached hydrogen (secondary N) is 1. The number of anilines is 1. The van der Waals surface area contributed by atoms with Gasteiger partial charge in [0.2, 0.25) is 0 Å². The van der Waals surface area contributed by atoms with E-state index in [1.54, 1.807) is 13.0 Å². The first-order valence-electron chi connectivity index (χ1n) is 4.83. The molecule has 1 amide bonds. The van der Waals surface area contributed by atoms with Crippen LogP contribution in [0.2, 0.25) is 0 Å². The van der Waals surface area contributed by atoms with Crippen LogP contribution in [0.5, 0.6) is 11.5 Å². The fourth-order valence-corrected chi connectivity index (χ4v) is 1.28. The van der Waals surface area contributed by atoms with E-state index in [1.165, 1.54) is 12.1 Å². The smallest absolute Gasteiger partial charge is 0.257 e. The number of phenolic OH excluding ortho intramolecular Hbond substituents is 2. The van der Waals surface area contributed by atoms with Crippen molar-refractivity contribution in [2.45, 2.75) is 6.92 Å². The molecule has 0 saturated heterocycles. The summed E-state index contributed by atoms with van der Waals surface area (Å²) in [6.45, 7) is 1.70. The minimum absolute atomic E-state index is 0.209. The number of aromatic nitrogens is 1. The highest BCUT2D eigenvalue weighted by Crippen LogP contribution is 2.25. The monoisotopic (exact) mass is 234 g/mol. The summed E-state index contributed by atoms with van der Waals surface area (Å²) in [6, 6.07) is 5.35. The van der Waals surface area contributed by atoms with Gasteiger partial charge >= 0.3 is 0 Å². The van der Waals surface area contributed by atoms with Gasteiger partial charge in [-0.1, -0.05) is 5.16 Å². The summed E-state index contributed by atoms with van der Waals surface area (Å²) in [4.78, 5) is 11.7. The Balaban J connectivity index is 2.17. The molecule has 0 bridgehead atoms. The van der Waals surface area contributed by atoms with Crippen LogP contribution >= 0.6 is 0 Å². The molecule has 0 saturated carbocycles. The molecule has 0 spiro atoms. The van der Waals surface area contributed by atoms with Crippen LogP contribution in [-0.2, 0) is 0 Å². The zero-order valence-electron chi connectivity index (χ0n) is 8.97. The molecule has 1 aromatic carbocycles. The van der Waals surface area contributed by atoms with Crippen LogP contribution in [0.25, 0.3) is 0 Å². The maximum atomic E-state index is 11.7. The first-order chi connectivity index (χ1) is 8.06. The Morgan fingerprint density at radius 3 is 2.65 bits per heavy atom. The Kier molecular flexibility index (Phi) is 2.70.